The summed E-state index contributed by atoms with van der Waals surface area (Å²) in [6.07, 6.45) is 9.17. The number of carbonyl (C=O) groups is 2. The van der Waals surface area contributed by atoms with Crippen molar-refractivity contribution in [2.75, 3.05) is 18.0 Å². The molecule has 0 unspecified atom stereocenters. The Hall–Kier alpha value is -3.16. The normalized spacial score (nSPS) is 18.2. The largest absolute Gasteiger partial charge is 0.390 e. The van der Waals surface area contributed by atoms with Crippen molar-refractivity contribution in [2.45, 2.75) is 83.0 Å². The number of aryl methyl sites for hydroxylation is 1. The maximum Gasteiger partial charge on any atom is 0.251 e. The van der Waals surface area contributed by atoms with E-state index in [1.165, 1.54) is 19.3 Å². The van der Waals surface area contributed by atoms with Crippen LogP contribution < -0.4 is 15.5 Å². The predicted molar refractivity (Wildman–Crippen MR) is 151 cm³/mol. The third kappa shape index (κ3) is 5.94. The highest BCUT2D eigenvalue weighted by Crippen LogP contribution is 2.32. The third-order valence-corrected chi connectivity index (χ3v) is 8.13. The van der Waals surface area contributed by atoms with Gasteiger partial charge in [-0.05, 0) is 56.4 Å². The topological polar surface area (TPSA) is 86.6 Å². The summed E-state index contributed by atoms with van der Waals surface area (Å²) in [4.78, 5) is 28.2. The fourth-order valence-corrected chi connectivity index (χ4v) is 5.95. The van der Waals surface area contributed by atoms with Gasteiger partial charge < -0.3 is 25.2 Å². The number of anilines is 1. The molecular formula is C31H40N4O3. The highest BCUT2D eigenvalue weighted by molar-refractivity contribution is 6.08. The molecule has 2 amide bonds. The second-order valence-corrected chi connectivity index (χ2v) is 10.8. The summed E-state index contributed by atoms with van der Waals surface area (Å²) in [6, 6.07) is 15.7. The number of benzene rings is 2. The number of amides is 2. The second kappa shape index (κ2) is 12.1. The zero-order chi connectivity index (χ0) is 26.5. The number of aromatic nitrogens is 1. The van der Waals surface area contributed by atoms with Crippen LogP contribution in [0.3, 0.4) is 0 Å². The first-order valence-corrected chi connectivity index (χ1v) is 14.2. The van der Waals surface area contributed by atoms with Crippen LogP contribution in [0.4, 0.5) is 5.69 Å². The minimum atomic E-state index is -0.732. The minimum absolute atomic E-state index is 0.0965. The van der Waals surface area contributed by atoms with Gasteiger partial charge in [-0.1, -0.05) is 49.6 Å². The highest BCUT2D eigenvalue weighted by atomic mass is 16.3. The molecule has 7 nitrogen and oxygen atoms in total. The molecule has 1 aromatic heterocycles. The molecule has 1 aliphatic heterocycles. The Kier molecular flexibility index (Phi) is 8.45. The number of aliphatic hydroxyl groups is 1. The van der Waals surface area contributed by atoms with E-state index in [0.29, 0.717) is 37.5 Å². The van der Waals surface area contributed by atoms with E-state index >= 15 is 0 Å². The zero-order valence-corrected chi connectivity index (χ0v) is 22.4. The van der Waals surface area contributed by atoms with E-state index in [0.717, 1.165) is 48.0 Å². The molecule has 1 aliphatic carbocycles. The molecule has 7 heteroatoms. The van der Waals surface area contributed by atoms with Gasteiger partial charge in [-0.25, -0.2) is 0 Å². The molecule has 0 bridgehead atoms. The van der Waals surface area contributed by atoms with E-state index in [1.807, 2.05) is 59.6 Å². The second-order valence-electron chi connectivity index (χ2n) is 10.8. The molecule has 38 heavy (non-hydrogen) atoms. The number of carbonyl (C=O) groups excluding carboxylic acids is 2. The number of nitrogens with zero attached hydrogens (tertiary/aromatic N) is 2. The van der Waals surface area contributed by atoms with Gasteiger partial charge >= 0.3 is 0 Å². The number of nitrogens with one attached hydrogen (secondary N) is 2. The van der Waals surface area contributed by atoms with Crippen LogP contribution in [0.15, 0.2) is 54.7 Å². The van der Waals surface area contributed by atoms with Crippen LogP contribution in [0.5, 0.6) is 0 Å². The predicted octanol–water partition coefficient (Wildman–Crippen LogP) is 4.41. The van der Waals surface area contributed by atoms with Crippen LogP contribution in [0.25, 0.3) is 10.9 Å². The molecule has 202 valence electrons. The number of fused-ring (bicyclic) bond motifs is 1. The summed E-state index contributed by atoms with van der Waals surface area (Å²) in [5.74, 6) is -0.138. The standard InChI is InChI=1S/C31H40N4O3/c1-2-34-17-15-25-27(34)19-23(20-28(25)35-16-9-14-30(35)37)31(38)33-26(18-22-10-5-3-6-11-22)29(36)21-32-24-12-7-4-8-13-24/h3,5-6,10-11,15,17,19-20,24,26,29,32,36H,2,4,7-9,12-14,16,18,21H2,1H3,(H,33,38)/t26-,29-/m0/s1. The summed E-state index contributed by atoms with van der Waals surface area (Å²) < 4.78 is 2.10. The Morgan fingerprint density at radius 2 is 1.87 bits per heavy atom. The van der Waals surface area contributed by atoms with E-state index in [9.17, 15) is 14.7 Å². The average Bonchev–Trinajstić information content (AvgIpc) is 3.57. The van der Waals surface area contributed by atoms with E-state index in [-0.39, 0.29) is 11.8 Å². The average molecular weight is 517 g/mol. The molecule has 2 atom stereocenters. The van der Waals surface area contributed by atoms with Gasteiger partial charge in [0, 0.05) is 49.2 Å². The lowest BCUT2D eigenvalue weighted by molar-refractivity contribution is -0.117. The molecule has 1 saturated heterocycles. The summed E-state index contributed by atoms with van der Waals surface area (Å²) in [5.41, 5.74) is 3.30. The molecule has 2 heterocycles. The van der Waals surface area contributed by atoms with Crippen molar-refractivity contribution in [3.8, 4) is 0 Å². The van der Waals surface area contributed by atoms with Crippen LogP contribution in [-0.2, 0) is 17.8 Å². The first-order valence-electron chi connectivity index (χ1n) is 14.2. The molecule has 3 aromatic rings. The summed E-state index contributed by atoms with van der Waals surface area (Å²) in [7, 11) is 0. The maximum atomic E-state index is 13.7. The molecular weight excluding hydrogens is 476 g/mol. The Labute approximate surface area is 225 Å². The lowest BCUT2D eigenvalue weighted by Gasteiger charge is -2.28. The molecule has 2 aliphatic rings. The smallest absolute Gasteiger partial charge is 0.251 e. The van der Waals surface area contributed by atoms with Gasteiger partial charge in [0.1, 0.15) is 0 Å². The van der Waals surface area contributed by atoms with Gasteiger partial charge in [0.25, 0.3) is 5.91 Å². The van der Waals surface area contributed by atoms with E-state index < -0.39 is 12.1 Å². The van der Waals surface area contributed by atoms with Crippen LogP contribution in [0.1, 0.15) is 67.8 Å². The van der Waals surface area contributed by atoms with E-state index in [4.69, 9.17) is 0 Å². The molecule has 0 radical (unpaired) electrons. The molecule has 1 saturated carbocycles. The van der Waals surface area contributed by atoms with Crippen molar-refractivity contribution in [2.24, 2.45) is 0 Å². The SMILES string of the molecule is CCn1ccc2c(N3CCCC3=O)cc(C(=O)N[C@@H](Cc3ccccc3)[C@@H](O)CNC3CCCCC3)cc21. The number of rotatable bonds is 10. The summed E-state index contributed by atoms with van der Waals surface area (Å²) in [5, 5.41) is 18.9. The first-order chi connectivity index (χ1) is 18.5. The summed E-state index contributed by atoms with van der Waals surface area (Å²) >= 11 is 0. The highest BCUT2D eigenvalue weighted by Gasteiger charge is 2.27. The number of aliphatic hydroxyl groups excluding tert-OH is 1. The van der Waals surface area contributed by atoms with E-state index in [2.05, 4.69) is 22.1 Å². The van der Waals surface area contributed by atoms with Crippen molar-refractivity contribution in [1.29, 1.82) is 0 Å². The minimum Gasteiger partial charge on any atom is -0.390 e. The molecule has 0 spiro atoms. The Balaban J connectivity index is 1.40. The number of hydrogen-bond acceptors (Lipinski definition) is 4. The Morgan fingerprint density at radius 1 is 1.08 bits per heavy atom. The van der Waals surface area contributed by atoms with Gasteiger partial charge in [0.2, 0.25) is 5.91 Å². The fourth-order valence-electron chi connectivity index (χ4n) is 5.95. The van der Waals surface area contributed by atoms with Crippen molar-refractivity contribution in [3.05, 3.63) is 65.9 Å². The molecule has 2 aromatic carbocycles. The molecule has 3 N–H and O–H groups in total. The Morgan fingerprint density at radius 3 is 2.58 bits per heavy atom. The van der Waals surface area contributed by atoms with Crippen LogP contribution in [0, 0.1) is 0 Å². The fraction of sp³-hybridized carbons (Fsp3) is 0.484. The van der Waals surface area contributed by atoms with Crippen molar-refractivity contribution < 1.29 is 14.7 Å². The monoisotopic (exact) mass is 516 g/mol. The quantitative estimate of drug-likeness (QED) is 0.373. The van der Waals surface area contributed by atoms with Crippen LogP contribution in [-0.4, -0.2) is 52.8 Å². The first kappa shape index (κ1) is 26.4. The third-order valence-electron chi connectivity index (χ3n) is 8.13. The maximum absolute atomic E-state index is 13.7. The van der Waals surface area contributed by atoms with Gasteiger partial charge in [0.05, 0.1) is 23.3 Å². The lowest BCUT2D eigenvalue weighted by Crippen LogP contribution is -2.50. The summed E-state index contributed by atoms with van der Waals surface area (Å²) in [6.45, 7) is 3.94. The molecule has 5 rings (SSSR count). The van der Waals surface area contributed by atoms with Crippen molar-refractivity contribution in [1.82, 2.24) is 15.2 Å². The van der Waals surface area contributed by atoms with Gasteiger partial charge in [0.15, 0.2) is 0 Å². The Bertz CT molecular complexity index is 1250. The van der Waals surface area contributed by atoms with Gasteiger partial charge in [-0.15, -0.1) is 0 Å². The van der Waals surface area contributed by atoms with Gasteiger partial charge in [-0.3, -0.25) is 9.59 Å². The van der Waals surface area contributed by atoms with E-state index in [1.54, 1.807) is 0 Å². The lowest BCUT2D eigenvalue weighted by atomic mass is 9.95. The van der Waals surface area contributed by atoms with Crippen molar-refractivity contribution >= 4 is 28.4 Å². The van der Waals surface area contributed by atoms with Crippen LogP contribution in [0.2, 0.25) is 0 Å². The molecule has 2 fully saturated rings. The van der Waals surface area contributed by atoms with Crippen molar-refractivity contribution in [3.63, 3.8) is 0 Å². The van der Waals surface area contributed by atoms with Gasteiger partial charge in [-0.2, -0.15) is 0 Å². The zero-order valence-electron chi connectivity index (χ0n) is 22.4. The number of hydrogen-bond donors (Lipinski definition) is 3. The van der Waals surface area contributed by atoms with Crippen LogP contribution >= 0.6 is 0 Å².